The van der Waals surface area contributed by atoms with E-state index < -0.39 is 0 Å². The number of para-hydroxylation sites is 1. The minimum absolute atomic E-state index is 0.0562. The number of allylic oxidation sites excluding steroid dienone is 1. The minimum atomic E-state index is -0.193. The van der Waals surface area contributed by atoms with Gasteiger partial charge >= 0.3 is 0 Å². The molecule has 2 aliphatic heterocycles. The van der Waals surface area contributed by atoms with Crippen LogP contribution in [0, 0.1) is 0 Å². The molecule has 0 radical (unpaired) electrons. The van der Waals surface area contributed by atoms with Crippen LogP contribution in [0.2, 0.25) is 0 Å². The van der Waals surface area contributed by atoms with Gasteiger partial charge in [-0.05, 0) is 88.5 Å². The van der Waals surface area contributed by atoms with Crippen LogP contribution in [0.3, 0.4) is 0 Å². The van der Waals surface area contributed by atoms with Gasteiger partial charge in [0.15, 0.2) is 11.0 Å². The summed E-state index contributed by atoms with van der Waals surface area (Å²) in [6.07, 6.45) is 3.93. The van der Waals surface area contributed by atoms with Gasteiger partial charge in [0, 0.05) is 38.4 Å². The van der Waals surface area contributed by atoms with E-state index in [1.165, 1.54) is 72.3 Å². The van der Waals surface area contributed by atoms with Crippen LogP contribution < -0.4 is 4.57 Å². The molecule has 0 spiro atoms. The molecule has 11 rings (SSSR count). The fourth-order valence-electron chi connectivity index (χ4n) is 10.3. The number of aromatic nitrogens is 2. The van der Waals surface area contributed by atoms with Crippen LogP contribution in [-0.2, 0) is 0 Å². The third-order valence-electron chi connectivity index (χ3n) is 13.0. The van der Waals surface area contributed by atoms with Gasteiger partial charge in [-0.3, -0.25) is 4.99 Å². The van der Waals surface area contributed by atoms with Crippen LogP contribution in [-0.4, -0.2) is 16.3 Å². The Balaban J connectivity index is 1.34. The highest BCUT2D eigenvalue weighted by molar-refractivity contribution is 6.11. The van der Waals surface area contributed by atoms with Crippen molar-refractivity contribution in [1.82, 2.24) is 4.57 Å². The van der Waals surface area contributed by atoms with Gasteiger partial charge in [-0.25, -0.2) is 4.57 Å². The molecule has 4 nitrogen and oxygen atoms in total. The van der Waals surface area contributed by atoms with E-state index in [9.17, 15) is 0 Å². The molecule has 4 heterocycles. The molecule has 0 amide bonds. The summed E-state index contributed by atoms with van der Waals surface area (Å²) in [5.41, 5.74) is 16.4. The van der Waals surface area contributed by atoms with E-state index in [2.05, 4.69) is 190 Å². The number of fused-ring (bicyclic) bond motifs is 11. The lowest BCUT2D eigenvalue weighted by atomic mass is 9.77. The Kier molecular flexibility index (Phi) is 8.03. The van der Waals surface area contributed by atoms with E-state index >= 15 is 0 Å². The Morgan fingerprint density at radius 1 is 0.644 bits per heavy atom. The zero-order chi connectivity index (χ0) is 40.1. The Morgan fingerprint density at radius 2 is 1.34 bits per heavy atom. The van der Waals surface area contributed by atoms with E-state index in [1.54, 1.807) is 0 Å². The third kappa shape index (κ3) is 5.15. The predicted molar refractivity (Wildman–Crippen MR) is 245 cm³/mol. The van der Waals surface area contributed by atoms with Crippen molar-refractivity contribution in [2.24, 2.45) is 4.99 Å². The first-order valence-electron chi connectivity index (χ1n) is 20.9. The third-order valence-corrected chi connectivity index (χ3v) is 13.0. The van der Waals surface area contributed by atoms with E-state index in [0.717, 1.165) is 33.2 Å². The molecule has 3 atom stereocenters. The average molecular weight is 765 g/mol. The van der Waals surface area contributed by atoms with Gasteiger partial charge in [-0.1, -0.05) is 131 Å². The van der Waals surface area contributed by atoms with Gasteiger partial charge in [0.2, 0.25) is 0 Å². The summed E-state index contributed by atoms with van der Waals surface area (Å²) in [7, 11) is 0. The highest BCUT2D eigenvalue weighted by Gasteiger charge is 2.50. The number of hydrogen-bond acceptors (Lipinski definition) is 2. The molecule has 286 valence electrons. The van der Waals surface area contributed by atoms with Gasteiger partial charge in [0.1, 0.15) is 22.9 Å². The molecule has 9 aromatic rings. The smallest absolute Gasteiger partial charge is 0.296 e. The lowest BCUT2D eigenvalue weighted by Gasteiger charge is -2.33. The van der Waals surface area contributed by atoms with Crippen molar-refractivity contribution < 1.29 is 8.98 Å². The standard InChI is InChI=1S/C55H46N3O/c1-7-46-38-22-14-15-24-40(38)51(47(8-2)56-46)54-44-31-50-43(39-23-16-17-25-49(39)59-50)30-45(44)55-57(54)48-27-26-35-20-12-13-21-37(35)53(48)58(55)52-41(32(3)4)28-36(29-42(52)33(5)6)34-18-10-9-11-19-34/h7-33,47,51,54H,1-2H2,3-6H3/q+1. The van der Waals surface area contributed by atoms with Crippen LogP contribution in [0.25, 0.3) is 71.9 Å². The number of imidazole rings is 1. The van der Waals surface area contributed by atoms with Crippen LogP contribution in [0.15, 0.2) is 174 Å². The molecule has 7 aromatic carbocycles. The Morgan fingerprint density at radius 3 is 2.08 bits per heavy atom. The maximum absolute atomic E-state index is 6.69. The topological polar surface area (TPSA) is 34.3 Å². The second-order valence-electron chi connectivity index (χ2n) is 16.9. The Labute approximate surface area is 345 Å². The molecule has 0 N–H and O–H groups in total. The number of hydrogen-bond donors (Lipinski definition) is 0. The normalized spacial score (nSPS) is 17.2. The number of furan rings is 1. The van der Waals surface area contributed by atoms with Gasteiger partial charge in [-0.2, -0.15) is 4.57 Å². The lowest BCUT2D eigenvalue weighted by Crippen LogP contribution is -2.45. The Bertz CT molecular complexity index is 3200. The fraction of sp³-hybridized carbons (Fsp3) is 0.164. The van der Waals surface area contributed by atoms with Crippen LogP contribution in [0.4, 0.5) is 0 Å². The summed E-state index contributed by atoms with van der Waals surface area (Å²) < 4.78 is 12.0. The summed E-state index contributed by atoms with van der Waals surface area (Å²) >= 11 is 0. The van der Waals surface area contributed by atoms with Crippen molar-refractivity contribution in [3.8, 4) is 28.2 Å². The van der Waals surface area contributed by atoms with Crippen molar-refractivity contribution in [3.63, 3.8) is 0 Å². The number of nitrogens with zero attached hydrogens (tertiary/aromatic N) is 3. The molecule has 59 heavy (non-hydrogen) atoms. The zero-order valence-corrected chi connectivity index (χ0v) is 34.0. The molecular formula is C55H46N3O+. The van der Waals surface area contributed by atoms with E-state index in [-0.39, 0.29) is 29.8 Å². The first-order chi connectivity index (χ1) is 28.9. The van der Waals surface area contributed by atoms with Gasteiger partial charge in [0.05, 0.1) is 23.2 Å². The summed E-state index contributed by atoms with van der Waals surface area (Å²) in [6, 6.07) is 50.9. The van der Waals surface area contributed by atoms with Gasteiger partial charge < -0.3 is 4.42 Å². The van der Waals surface area contributed by atoms with Crippen molar-refractivity contribution in [1.29, 1.82) is 0 Å². The van der Waals surface area contributed by atoms with E-state index in [1.807, 2.05) is 12.2 Å². The first kappa shape index (κ1) is 35.4. The molecule has 2 aromatic heterocycles. The van der Waals surface area contributed by atoms with Crippen LogP contribution in [0.1, 0.15) is 79.3 Å². The molecule has 0 saturated carbocycles. The summed E-state index contributed by atoms with van der Waals surface area (Å²) in [6.45, 7) is 18.0. The number of benzene rings is 7. The maximum atomic E-state index is 6.69. The average Bonchev–Trinajstić information content (AvgIpc) is 3.91. The number of rotatable bonds is 7. The summed E-state index contributed by atoms with van der Waals surface area (Å²) in [4.78, 5) is 5.37. The minimum Gasteiger partial charge on any atom is -0.456 e. The van der Waals surface area contributed by atoms with E-state index in [0.29, 0.717) is 0 Å². The molecule has 0 bridgehead atoms. The maximum Gasteiger partial charge on any atom is 0.296 e. The first-order valence-corrected chi connectivity index (χ1v) is 20.9. The van der Waals surface area contributed by atoms with Crippen LogP contribution >= 0.6 is 0 Å². The van der Waals surface area contributed by atoms with Gasteiger partial charge in [-0.15, -0.1) is 6.58 Å². The second kappa shape index (κ2) is 13.4. The SMILES string of the molecule is C=CC1=NC(C=C)C(C2c3cc4oc5ccccc5c4cc3-c3n(-c4c(C(C)C)cc(-c5ccccc5)cc4C(C)C)c4c5ccccc5ccc4[n+]32)c2ccccc21. The molecule has 0 fully saturated rings. The molecule has 0 aliphatic carbocycles. The quantitative estimate of drug-likeness (QED) is 0.118. The zero-order valence-electron chi connectivity index (χ0n) is 34.0. The van der Waals surface area contributed by atoms with Gasteiger partial charge in [0.25, 0.3) is 5.82 Å². The summed E-state index contributed by atoms with van der Waals surface area (Å²) in [5.74, 6) is 1.62. The Hall–Kier alpha value is -6.78. The largest absolute Gasteiger partial charge is 0.456 e. The van der Waals surface area contributed by atoms with Crippen LogP contribution in [0.5, 0.6) is 0 Å². The monoisotopic (exact) mass is 764 g/mol. The van der Waals surface area contributed by atoms with Crippen molar-refractivity contribution in [2.45, 2.75) is 57.5 Å². The highest BCUT2D eigenvalue weighted by Crippen LogP contribution is 2.52. The fourth-order valence-corrected chi connectivity index (χ4v) is 10.3. The van der Waals surface area contributed by atoms with Crippen molar-refractivity contribution in [2.75, 3.05) is 0 Å². The molecule has 4 heteroatoms. The molecule has 2 aliphatic rings. The highest BCUT2D eigenvalue weighted by atomic mass is 16.3. The lowest BCUT2D eigenvalue weighted by molar-refractivity contribution is -0.676. The predicted octanol–water partition coefficient (Wildman–Crippen LogP) is 13.8. The molecule has 3 unspecified atom stereocenters. The second-order valence-corrected chi connectivity index (χ2v) is 16.9. The molecule has 0 saturated heterocycles. The number of aliphatic imine (C=N–C) groups is 1. The van der Waals surface area contributed by atoms with Crippen molar-refractivity contribution in [3.05, 3.63) is 193 Å². The molecular weight excluding hydrogens is 719 g/mol. The summed E-state index contributed by atoms with van der Waals surface area (Å²) in [5, 5.41) is 4.70. The van der Waals surface area contributed by atoms with Crippen molar-refractivity contribution >= 4 is 49.5 Å². The van der Waals surface area contributed by atoms with E-state index in [4.69, 9.17) is 9.41 Å².